The molecule has 1 aliphatic rings. The van der Waals surface area contributed by atoms with E-state index in [9.17, 15) is 0 Å². The third-order valence-electron chi connectivity index (χ3n) is 2.43. The number of likely N-dealkylation sites (N-methyl/N-ethyl adjacent to an activating group) is 2. The molecule has 0 aliphatic carbocycles. The molecule has 2 heteroatoms. The summed E-state index contributed by atoms with van der Waals surface area (Å²) in [7, 11) is 4.34. The van der Waals surface area contributed by atoms with Crippen molar-refractivity contribution in [2.45, 2.75) is 19.4 Å². The van der Waals surface area contributed by atoms with Crippen LogP contribution in [-0.2, 0) is 0 Å². The van der Waals surface area contributed by atoms with E-state index in [-0.39, 0.29) is 0 Å². The first-order chi connectivity index (χ1) is 4.74. The first-order valence-electron chi connectivity index (χ1n) is 4.12. The Morgan fingerprint density at radius 3 is 2.50 bits per heavy atom. The smallest absolute Gasteiger partial charge is 0.0229 e. The van der Waals surface area contributed by atoms with Crippen LogP contribution < -0.4 is 0 Å². The maximum Gasteiger partial charge on any atom is 0.0229 e. The molecule has 2 nitrogen and oxygen atoms in total. The Kier molecular flexibility index (Phi) is 2.69. The van der Waals surface area contributed by atoms with Gasteiger partial charge in [0, 0.05) is 12.6 Å². The van der Waals surface area contributed by atoms with Crippen molar-refractivity contribution >= 4 is 0 Å². The Balaban J connectivity index is 2.28. The van der Waals surface area contributed by atoms with Crippen LogP contribution in [0.1, 0.15) is 13.3 Å². The van der Waals surface area contributed by atoms with Crippen molar-refractivity contribution in [1.82, 2.24) is 9.80 Å². The third-order valence-corrected chi connectivity index (χ3v) is 2.43. The molecule has 1 aliphatic heterocycles. The van der Waals surface area contributed by atoms with Crippen LogP contribution in [0.3, 0.4) is 0 Å². The van der Waals surface area contributed by atoms with E-state index >= 15 is 0 Å². The average molecular weight is 142 g/mol. The largest absolute Gasteiger partial charge is 0.305 e. The predicted octanol–water partition coefficient (Wildman–Crippen LogP) is 0.642. The molecule has 1 heterocycles. The maximum atomic E-state index is 2.50. The Bertz CT molecular complexity index is 101. The van der Waals surface area contributed by atoms with Gasteiger partial charge in [0.25, 0.3) is 0 Å². The fourth-order valence-corrected chi connectivity index (χ4v) is 1.52. The molecule has 1 atom stereocenters. The van der Waals surface area contributed by atoms with Crippen LogP contribution in [0, 0.1) is 0 Å². The number of hydrogen-bond donors (Lipinski definition) is 0. The number of nitrogens with zero attached hydrogens (tertiary/aromatic N) is 2. The summed E-state index contributed by atoms with van der Waals surface area (Å²) in [5.41, 5.74) is 0. The van der Waals surface area contributed by atoms with E-state index in [1.165, 1.54) is 26.1 Å². The van der Waals surface area contributed by atoms with Gasteiger partial charge in [-0.05, 0) is 33.6 Å². The average Bonchev–Trinajstić information content (AvgIpc) is 2.34. The van der Waals surface area contributed by atoms with Gasteiger partial charge in [-0.25, -0.2) is 0 Å². The molecular formula is C8H18N2. The molecule has 0 radical (unpaired) electrons. The second kappa shape index (κ2) is 3.35. The predicted molar refractivity (Wildman–Crippen MR) is 44.2 cm³/mol. The zero-order valence-corrected chi connectivity index (χ0v) is 7.30. The second-order valence-corrected chi connectivity index (χ2v) is 3.30. The van der Waals surface area contributed by atoms with Gasteiger partial charge in [-0.3, -0.25) is 0 Å². The SMILES string of the molecule is CCN1CC[C@H](N(C)C)C1. The van der Waals surface area contributed by atoms with E-state index in [0.29, 0.717) is 0 Å². The summed E-state index contributed by atoms with van der Waals surface area (Å²) in [6.07, 6.45) is 1.35. The van der Waals surface area contributed by atoms with E-state index < -0.39 is 0 Å². The minimum atomic E-state index is 0.806. The Labute approximate surface area is 63.8 Å². The fraction of sp³-hybridized carbons (Fsp3) is 1.00. The molecular weight excluding hydrogens is 124 g/mol. The molecule has 0 aromatic carbocycles. The molecule has 0 amide bonds. The number of rotatable bonds is 2. The normalized spacial score (nSPS) is 28.2. The molecule has 1 fully saturated rings. The molecule has 0 saturated carbocycles. The summed E-state index contributed by atoms with van der Waals surface area (Å²) in [5, 5.41) is 0. The molecule has 0 bridgehead atoms. The summed E-state index contributed by atoms with van der Waals surface area (Å²) in [5.74, 6) is 0. The van der Waals surface area contributed by atoms with Gasteiger partial charge in [-0.1, -0.05) is 6.92 Å². The topological polar surface area (TPSA) is 6.48 Å². The fourth-order valence-electron chi connectivity index (χ4n) is 1.52. The minimum Gasteiger partial charge on any atom is -0.305 e. The van der Waals surface area contributed by atoms with Gasteiger partial charge in [0.1, 0.15) is 0 Å². The van der Waals surface area contributed by atoms with Crippen molar-refractivity contribution < 1.29 is 0 Å². The number of hydrogen-bond acceptors (Lipinski definition) is 2. The minimum absolute atomic E-state index is 0.806. The zero-order valence-electron chi connectivity index (χ0n) is 7.30. The molecule has 10 heavy (non-hydrogen) atoms. The van der Waals surface area contributed by atoms with E-state index in [1.807, 2.05) is 0 Å². The van der Waals surface area contributed by atoms with Crippen LogP contribution in [0.4, 0.5) is 0 Å². The van der Waals surface area contributed by atoms with Crippen molar-refractivity contribution in [1.29, 1.82) is 0 Å². The highest BCUT2D eigenvalue weighted by molar-refractivity contribution is 4.79. The van der Waals surface area contributed by atoms with Crippen LogP contribution in [0.5, 0.6) is 0 Å². The Morgan fingerprint density at radius 1 is 1.50 bits per heavy atom. The summed E-state index contributed by atoms with van der Waals surface area (Å²) in [6.45, 7) is 6.01. The van der Waals surface area contributed by atoms with E-state index in [1.54, 1.807) is 0 Å². The van der Waals surface area contributed by atoms with Gasteiger partial charge >= 0.3 is 0 Å². The first kappa shape index (κ1) is 8.02. The molecule has 0 N–H and O–H groups in total. The molecule has 0 unspecified atom stereocenters. The lowest BCUT2D eigenvalue weighted by Crippen LogP contribution is -2.31. The van der Waals surface area contributed by atoms with Crippen molar-refractivity contribution in [3.8, 4) is 0 Å². The zero-order chi connectivity index (χ0) is 7.56. The van der Waals surface area contributed by atoms with Gasteiger partial charge in [-0.15, -0.1) is 0 Å². The first-order valence-corrected chi connectivity index (χ1v) is 4.12. The van der Waals surface area contributed by atoms with Crippen LogP contribution in [0.2, 0.25) is 0 Å². The van der Waals surface area contributed by atoms with Gasteiger partial charge in [0.15, 0.2) is 0 Å². The van der Waals surface area contributed by atoms with Crippen LogP contribution in [-0.4, -0.2) is 49.6 Å². The number of likely N-dealkylation sites (tertiary alicyclic amines) is 1. The Morgan fingerprint density at radius 2 is 2.20 bits per heavy atom. The van der Waals surface area contributed by atoms with Crippen LogP contribution in [0.25, 0.3) is 0 Å². The molecule has 1 rings (SSSR count). The van der Waals surface area contributed by atoms with Gasteiger partial charge in [0.05, 0.1) is 0 Å². The Hall–Kier alpha value is -0.0800. The van der Waals surface area contributed by atoms with Crippen molar-refractivity contribution in [2.24, 2.45) is 0 Å². The summed E-state index contributed by atoms with van der Waals surface area (Å²) in [4.78, 5) is 4.83. The van der Waals surface area contributed by atoms with Gasteiger partial charge < -0.3 is 9.80 Å². The van der Waals surface area contributed by atoms with E-state index in [4.69, 9.17) is 0 Å². The van der Waals surface area contributed by atoms with Crippen molar-refractivity contribution in [3.63, 3.8) is 0 Å². The quantitative estimate of drug-likeness (QED) is 0.558. The summed E-state index contributed by atoms with van der Waals surface area (Å²) < 4.78 is 0. The lowest BCUT2D eigenvalue weighted by Gasteiger charge is -2.19. The summed E-state index contributed by atoms with van der Waals surface area (Å²) >= 11 is 0. The molecule has 60 valence electrons. The lowest BCUT2D eigenvalue weighted by atomic mass is 10.2. The highest BCUT2D eigenvalue weighted by Gasteiger charge is 2.21. The van der Waals surface area contributed by atoms with Gasteiger partial charge in [-0.2, -0.15) is 0 Å². The standard InChI is InChI=1S/C8H18N2/c1-4-10-6-5-8(7-10)9(2)3/h8H,4-7H2,1-3H3/t8-/m0/s1. The van der Waals surface area contributed by atoms with Crippen molar-refractivity contribution in [3.05, 3.63) is 0 Å². The lowest BCUT2D eigenvalue weighted by molar-refractivity contribution is 0.275. The summed E-state index contributed by atoms with van der Waals surface area (Å²) in [6, 6.07) is 0.806. The van der Waals surface area contributed by atoms with Crippen molar-refractivity contribution in [2.75, 3.05) is 33.7 Å². The molecule has 0 aromatic rings. The van der Waals surface area contributed by atoms with E-state index in [0.717, 1.165) is 6.04 Å². The molecule has 0 aromatic heterocycles. The maximum absolute atomic E-state index is 2.50. The van der Waals surface area contributed by atoms with Crippen LogP contribution >= 0.6 is 0 Å². The van der Waals surface area contributed by atoms with Crippen LogP contribution in [0.15, 0.2) is 0 Å². The van der Waals surface area contributed by atoms with E-state index in [2.05, 4.69) is 30.8 Å². The molecule has 0 spiro atoms. The monoisotopic (exact) mass is 142 g/mol. The molecule has 1 saturated heterocycles. The van der Waals surface area contributed by atoms with Gasteiger partial charge in [0.2, 0.25) is 0 Å². The highest BCUT2D eigenvalue weighted by Crippen LogP contribution is 2.11. The third kappa shape index (κ3) is 1.70. The second-order valence-electron chi connectivity index (χ2n) is 3.30. The highest BCUT2D eigenvalue weighted by atomic mass is 15.2.